The molecule has 6 rings (SSSR count). The van der Waals surface area contributed by atoms with Gasteiger partial charge in [0.2, 0.25) is 17.6 Å². The third-order valence-electron chi connectivity index (χ3n) is 13.4. The largest absolute Gasteiger partial charge is 0.346 e. The van der Waals surface area contributed by atoms with E-state index in [1.54, 1.807) is 25.7 Å². The van der Waals surface area contributed by atoms with E-state index in [0.717, 1.165) is 57.8 Å². The first kappa shape index (κ1) is 37.8. The number of ketones is 1. The quantitative estimate of drug-likeness (QED) is 0.167. The summed E-state index contributed by atoms with van der Waals surface area (Å²) in [6, 6.07) is -3.23. The number of sulfone groups is 1. The molecule has 0 radical (unpaired) electrons. The van der Waals surface area contributed by atoms with Gasteiger partial charge in [-0.05, 0) is 93.8 Å². The molecule has 1 aliphatic heterocycles. The first-order chi connectivity index (χ1) is 23.9. The van der Waals surface area contributed by atoms with Crippen LogP contribution in [0.2, 0.25) is 0 Å². The van der Waals surface area contributed by atoms with Crippen LogP contribution in [0, 0.1) is 40.9 Å². The van der Waals surface area contributed by atoms with Crippen LogP contribution in [0.5, 0.6) is 0 Å². The second kappa shape index (κ2) is 13.8. The number of urea groups is 1. The van der Waals surface area contributed by atoms with E-state index < -0.39 is 61.9 Å². The number of nitrogens with one attached hydrogen (secondary N) is 4. The molecule has 6 aliphatic rings. The molecule has 5 saturated carbocycles. The molecule has 7 atom stereocenters. The lowest BCUT2D eigenvalue weighted by molar-refractivity contribution is -0.145. The zero-order valence-electron chi connectivity index (χ0n) is 31.1. The number of carbonyl (C=O) groups excluding carboxylic acids is 5. The van der Waals surface area contributed by atoms with Gasteiger partial charge >= 0.3 is 6.03 Å². The molecule has 1 saturated heterocycles. The van der Waals surface area contributed by atoms with Gasteiger partial charge < -0.3 is 26.2 Å². The van der Waals surface area contributed by atoms with Crippen molar-refractivity contribution in [1.29, 1.82) is 0 Å². The molecular formula is C38H59N5O7S. The minimum absolute atomic E-state index is 0.0703. The number of likely N-dealkylation sites (tertiary alicyclic amines) is 1. The molecule has 13 heteroatoms. The number of Topliss-reactive ketones (excluding diaryl/α,β-unsaturated/α-hetero) is 1. The van der Waals surface area contributed by atoms with Crippen molar-refractivity contribution in [1.82, 2.24) is 26.2 Å². The van der Waals surface area contributed by atoms with Crippen LogP contribution in [-0.4, -0.2) is 90.1 Å². The third-order valence-corrected chi connectivity index (χ3v) is 16.2. The highest BCUT2D eigenvalue weighted by atomic mass is 32.2. The van der Waals surface area contributed by atoms with Gasteiger partial charge in [-0.3, -0.25) is 19.2 Å². The normalized spacial score (nSPS) is 31.5. The van der Waals surface area contributed by atoms with Crippen molar-refractivity contribution in [2.75, 3.05) is 18.8 Å². The van der Waals surface area contributed by atoms with E-state index in [4.69, 9.17) is 0 Å². The summed E-state index contributed by atoms with van der Waals surface area (Å²) in [6.07, 6.45) is 10.5. The van der Waals surface area contributed by atoms with Crippen LogP contribution >= 0.6 is 0 Å². The molecule has 6 fully saturated rings. The van der Waals surface area contributed by atoms with Crippen LogP contribution in [0.15, 0.2) is 12.7 Å². The Labute approximate surface area is 303 Å². The number of rotatable bonds is 13. The SMILES string of the molecule is C=CCNC(=O)C(=O)C(NC(=O)[C@@H]1C2C(CN1C(=O)[C@@H](NC(=O)NC1(CS(=O)(=O)C(C)(C)C)CCCCC1)C1CCCCC1)C2(C)C)C1C2CC21. The third kappa shape index (κ3) is 7.47. The first-order valence-electron chi connectivity index (χ1n) is 19.3. The summed E-state index contributed by atoms with van der Waals surface area (Å²) in [5, 5.41) is 11.6. The van der Waals surface area contributed by atoms with E-state index in [1.165, 1.54) is 6.08 Å². The molecule has 0 bridgehead atoms. The maximum absolute atomic E-state index is 14.7. The zero-order valence-corrected chi connectivity index (χ0v) is 31.9. The Bertz CT molecular complexity index is 1530. The second-order valence-corrected chi connectivity index (χ2v) is 20.8. The van der Waals surface area contributed by atoms with Gasteiger partial charge in [-0.1, -0.05) is 58.4 Å². The van der Waals surface area contributed by atoms with Crippen molar-refractivity contribution >= 4 is 39.4 Å². The van der Waals surface area contributed by atoms with Crippen LogP contribution in [0.25, 0.3) is 0 Å². The van der Waals surface area contributed by atoms with E-state index in [9.17, 15) is 32.4 Å². The molecule has 12 nitrogen and oxygen atoms in total. The van der Waals surface area contributed by atoms with Gasteiger partial charge in [-0.15, -0.1) is 6.58 Å². The Balaban J connectivity index is 1.22. The smallest absolute Gasteiger partial charge is 0.315 e. The van der Waals surface area contributed by atoms with Gasteiger partial charge in [-0.2, -0.15) is 0 Å². The van der Waals surface area contributed by atoms with Gasteiger partial charge in [0, 0.05) is 13.1 Å². The lowest BCUT2D eigenvalue weighted by Gasteiger charge is -2.41. The Morgan fingerprint density at radius 3 is 2.12 bits per heavy atom. The molecule has 0 aromatic carbocycles. The van der Waals surface area contributed by atoms with Crippen molar-refractivity contribution in [2.45, 2.75) is 134 Å². The molecule has 284 valence electrons. The van der Waals surface area contributed by atoms with E-state index in [-0.39, 0.29) is 47.3 Å². The van der Waals surface area contributed by atoms with Crippen LogP contribution in [0.4, 0.5) is 4.79 Å². The Kier molecular flexibility index (Phi) is 10.2. The number of hydrogen-bond donors (Lipinski definition) is 4. The lowest BCUT2D eigenvalue weighted by Crippen LogP contribution is -2.63. The van der Waals surface area contributed by atoms with Crippen molar-refractivity contribution in [2.24, 2.45) is 40.9 Å². The number of hydrogen-bond acceptors (Lipinski definition) is 7. The number of amides is 5. The summed E-state index contributed by atoms with van der Waals surface area (Å²) < 4.78 is 25.8. The average molecular weight is 730 g/mol. The summed E-state index contributed by atoms with van der Waals surface area (Å²) in [5.74, 6) is -1.90. The van der Waals surface area contributed by atoms with Crippen molar-refractivity contribution in [3.05, 3.63) is 12.7 Å². The maximum Gasteiger partial charge on any atom is 0.315 e. The minimum atomic E-state index is -3.55. The Morgan fingerprint density at radius 1 is 0.922 bits per heavy atom. The molecule has 0 aromatic rings. The van der Waals surface area contributed by atoms with Gasteiger partial charge in [0.25, 0.3) is 5.91 Å². The van der Waals surface area contributed by atoms with Crippen LogP contribution in [-0.2, 0) is 29.0 Å². The molecule has 5 aliphatic carbocycles. The molecule has 0 aromatic heterocycles. The number of piperidine rings is 1. The zero-order chi connectivity index (χ0) is 37.1. The Hall–Kier alpha value is -2.96. The fraction of sp³-hybridized carbons (Fsp3) is 0.816. The van der Waals surface area contributed by atoms with E-state index in [2.05, 4.69) is 41.7 Å². The van der Waals surface area contributed by atoms with E-state index >= 15 is 0 Å². The highest BCUT2D eigenvalue weighted by molar-refractivity contribution is 7.92. The highest BCUT2D eigenvalue weighted by Crippen LogP contribution is 2.69. The molecule has 4 N–H and O–H groups in total. The van der Waals surface area contributed by atoms with Crippen molar-refractivity contribution in [3.63, 3.8) is 0 Å². The first-order valence-corrected chi connectivity index (χ1v) is 20.9. The fourth-order valence-corrected chi connectivity index (χ4v) is 11.2. The topological polar surface area (TPSA) is 171 Å². The number of fused-ring (bicyclic) bond motifs is 2. The van der Waals surface area contributed by atoms with Gasteiger partial charge in [-0.25, -0.2) is 13.2 Å². The molecule has 5 unspecified atom stereocenters. The van der Waals surface area contributed by atoms with Gasteiger partial charge in [0.05, 0.1) is 16.0 Å². The molecule has 1 heterocycles. The van der Waals surface area contributed by atoms with Gasteiger partial charge in [0.15, 0.2) is 9.84 Å². The monoisotopic (exact) mass is 729 g/mol. The summed E-state index contributed by atoms with van der Waals surface area (Å²) >= 11 is 0. The highest BCUT2D eigenvalue weighted by Gasteiger charge is 2.71. The molecular weight excluding hydrogens is 671 g/mol. The number of nitrogens with zero attached hydrogens (tertiary/aromatic N) is 1. The van der Waals surface area contributed by atoms with E-state index in [1.807, 2.05) is 0 Å². The Morgan fingerprint density at radius 2 is 1.55 bits per heavy atom. The summed E-state index contributed by atoms with van der Waals surface area (Å²) in [5.41, 5.74) is -1.11. The molecule has 51 heavy (non-hydrogen) atoms. The van der Waals surface area contributed by atoms with Crippen LogP contribution in [0.3, 0.4) is 0 Å². The summed E-state index contributed by atoms with van der Waals surface area (Å²) in [4.78, 5) is 70.6. The molecule has 5 amide bonds. The number of carbonyl (C=O) groups is 5. The maximum atomic E-state index is 14.7. The molecule has 0 spiro atoms. The second-order valence-electron chi connectivity index (χ2n) is 18.1. The predicted octanol–water partition coefficient (Wildman–Crippen LogP) is 3.26. The predicted molar refractivity (Wildman–Crippen MR) is 193 cm³/mol. The minimum Gasteiger partial charge on any atom is -0.346 e. The summed E-state index contributed by atoms with van der Waals surface area (Å²) in [7, 11) is -3.55. The standard InChI is InChI=1S/C38H59N5O7S/c1-7-18-39-33(46)31(44)29(26-23-19-24(23)26)40-32(45)30-27-25(37(27,5)6)20-43(30)34(47)28(22-14-10-8-11-15-22)41-35(48)42-38(16-12-9-13-17-38)21-51(49,50)36(2,3)4/h7,22-30H,1,8-21H2,2-6H3,(H,39,46)(H,40,45)(H2,41,42,48)/t23?,24?,25?,26?,27?,28-,29?,30-/m0/s1. The van der Waals surface area contributed by atoms with Crippen LogP contribution in [0.1, 0.15) is 105 Å². The average Bonchev–Trinajstić information content (AvgIpc) is 4.01. The van der Waals surface area contributed by atoms with Crippen molar-refractivity contribution in [3.8, 4) is 0 Å². The fourth-order valence-electron chi connectivity index (χ4n) is 9.66. The van der Waals surface area contributed by atoms with Gasteiger partial charge in [0.1, 0.15) is 18.1 Å². The summed E-state index contributed by atoms with van der Waals surface area (Å²) in [6.45, 7) is 13.3. The van der Waals surface area contributed by atoms with Crippen LogP contribution < -0.4 is 21.3 Å². The van der Waals surface area contributed by atoms with Crippen molar-refractivity contribution < 1.29 is 32.4 Å². The van der Waals surface area contributed by atoms with E-state index in [0.29, 0.717) is 31.2 Å². The lowest BCUT2D eigenvalue weighted by atomic mass is 9.82.